The molecule has 6 heteroatoms. The Morgan fingerprint density at radius 2 is 1.90 bits per heavy atom. The molecule has 4 aromatic rings. The summed E-state index contributed by atoms with van der Waals surface area (Å²) in [6.07, 6.45) is 0. The summed E-state index contributed by atoms with van der Waals surface area (Å²) in [5, 5.41) is 18.6. The van der Waals surface area contributed by atoms with Crippen LogP contribution in [-0.2, 0) is 0 Å². The maximum Gasteiger partial charge on any atom is 0.196 e. The molecule has 1 N–H and O–H groups in total. The Bertz CT molecular complexity index is 1210. The van der Waals surface area contributed by atoms with E-state index in [4.69, 9.17) is 4.74 Å². The lowest BCUT2D eigenvalue weighted by Gasteiger charge is -2.04. The average molecular weight is 398 g/mol. The molecule has 0 spiro atoms. The molecule has 1 aromatic heterocycles. The highest BCUT2D eigenvalue weighted by atomic mass is 32.1. The minimum Gasteiger partial charge on any atom is -0.494 e. The van der Waals surface area contributed by atoms with Gasteiger partial charge in [-0.15, -0.1) is 11.3 Å². The highest BCUT2D eigenvalue weighted by molar-refractivity contribution is 7.12. The summed E-state index contributed by atoms with van der Waals surface area (Å²) in [4.78, 5) is 4.61. The van der Waals surface area contributed by atoms with Gasteiger partial charge in [0.1, 0.15) is 11.8 Å². The van der Waals surface area contributed by atoms with Gasteiger partial charge in [0.05, 0.1) is 18.0 Å². The molecular formula is C23H18N4OS. The van der Waals surface area contributed by atoms with E-state index in [2.05, 4.69) is 45.8 Å². The van der Waals surface area contributed by atoms with Crippen molar-refractivity contribution in [1.29, 1.82) is 5.26 Å². The summed E-state index contributed by atoms with van der Waals surface area (Å²) in [5.41, 5.74) is 5.78. The number of benzene rings is 3. The topological polar surface area (TPSA) is 70.3 Å². The molecular weight excluding hydrogens is 380 g/mol. The van der Waals surface area contributed by atoms with E-state index in [0.717, 1.165) is 28.1 Å². The summed E-state index contributed by atoms with van der Waals surface area (Å²) in [5.74, 6) is 0.794. The number of nitrogens with one attached hydrogen (secondary N) is 1. The van der Waals surface area contributed by atoms with Crippen molar-refractivity contribution in [2.24, 2.45) is 5.10 Å². The van der Waals surface area contributed by atoms with Crippen LogP contribution in [-0.4, -0.2) is 17.3 Å². The third kappa shape index (κ3) is 4.26. The molecule has 1 heterocycles. The molecule has 3 aromatic carbocycles. The van der Waals surface area contributed by atoms with Crippen LogP contribution < -0.4 is 10.2 Å². The highest BCUT2D eigenvalue weighted by Gasteiger charge is 2.11. The quantitative estimate of drug-likeness (QED) is 0.334. The number of anilines is 1. The van der Waals surface area contributed by atoms with Crippen molar-refractivity contribution in [3.8, 4) is 23.1 Å². The SMILES string of the molecule is CCOc1ccc(N/N=C(\C#N)c2nc(-c3ccc4ccccc4c3)cs2)cc1. The Kier molecular flexibility index (Phi) is 5.50. The number of rotatable bonds is 6. The van der Waals surface area contributed by atoms with E-state index in [-0.39, 0.29) is 5.71 Å². The molecule has 0 amide bonds. The molecule has 0 bridgehead atoms. The number of fused-ring (bicyclic) bond motifs is 1. The van der Waals surface area contributed by atoms with Crippen LogP contribution >= 0.6 is 11.3 Å². The number of nitriles is 1. The predicted octanol–water partition coefficient (Wildman–Crippen LogP) is 5.70. The molecule has 0 aliphatic heterocycles. The van der Waals surface area contributed by atoms with Crippen molar-refractivity contribution >= 4 is 33.5 Å². The number of aromatic nitrogens is 1. The normalized spacial score (nSPS) is 11.2. The van der Waals surface area contributed by atoms with Gasteiger partial charge in [-0.05, 0) is 48.0 Å². The van der Waals surface area contributed by atoms with Gasteiger partial charge in [-0.2, -0.15) is 10.4 Å². The lowest BCUT2D eigenvalue weighted by Crippen LogP contribution is -2.01. The standard InChI is InChI=1S/C23H18N4OS/c1-2-28-20-11-9-19(10-12-20)26-27-21(14-24)23-25-22(15-29-23)18-8-7-16-5-3-4-6-17(16)13-18/h3-13,15,26H,2H2,1H3/b27-21+. The lowest BCUT2D eigenvalue weighted by atomic mass is 10.1. The second kappa shape index (κ2) is 8.55. The number of thiazole rings is 1. The van der Waals surface area contributed by atoms with Gasteiger partial charge in [-0.1, -0.05) is 36.4 Å². The first-order chi connectivity index (χ1) is 14.3. The van der Waals surface area contributed by atoms with Gasteiger partial charge in [-0.3, -0.25) is 5.43 Å². The van der Waals surface area contributed by atoms with E-state index >= 15 is 0 Å². The first-order valence-corrected chi connectivity index (χ1v) is 10.1. The maximum atomic E-state index is 9.52. The van der Waals surface area contributed by atoms with Gasteiger partial charge in [-0.25, -0.2) is 4.98 Å². The van der Waals surface area contributed by atoms with Crippen LogP contribution in [0.1, 0.15) is 11.9 Å². The van der Waals surface area contributed by atoms with Gasteiger partial charge in [0.2, 0.25) is 0 Å². The second-order valence-corrected chi connectivity index (χ2v) is 7.10. The largest absolute Gasteiger partial charge is 0.494 e. The molecule has 142 valence electrons. The highest BCUT2D eigenvalue weighted by Crippen LogP contribution is 2.26. The van der Waals surface area contributed by atoms with Crippen LogP contribution in [0.3, 0.4) is 0 Å². The summed E-state index contributed by atoms with van der Waals surface area (Å²) in [6.45, 7) is 2.56. The van der Waals surface area contributed by atoms with Crippen LogP contribution in [0, 0.1) is 11.3 Å². The maximum absolute atomic E-state index is 9.52. The zero-order valence-electron chi connectivity index (χ0n) is 15.8. The van der Waals surface area contributed by atoms with Crippen LogP contribution in [0.4, 0.5) is 5.69 Å². The van der Waals surface area contributed by atoms with Crippen LogP contribution in [0.2, 0.25) is 0 Å². The predicted molar refractivity (Wildman–Crippen MR) is 118 cm³/mol. The molecule has 0 aliphatic rings. The fourth-order valence-corrected chi connectivity index (χ4v) is 3.66. The van der Waals surface area contributed by atoms with Crippen LogP contribution in [0.25, 0.3) is 22.0 Å². The number of hydrogen-bond donors (Lipinski definition) is 1. The van der Waals surface area contributed by atoms with Gasteiger partial charge in [0.25, 0.3) is 0 Å². The van der Waals surface area contributed by atoms with Gasteiger partial charge < -0.3 is 4.74 Å². The Morgan fingerprint density at radius 1 is 1.10 bits per heavy atom. The Balaban J connectivity index is 1.54. The van der Waals surface area contributed by atoms with Crippen molar-refractivity contribution in [2.75, 3.05) is 12.0 Å². The minimum atomic E-state index is 0.246. The molecule has 0 saturated heterocycles. The number of ether oxygens (including phenoxy) is 1. The zero-order valence-corrected chi connectivity index (χ0v) is 16.6. The first-order valence-electron chi connectivity index (χ1n) is 9.18. The molecule has 0 saturated carbocycles. The van der Waals surface area contributed by atoms with Crippen LogP contribution in [0.5, 0.6) is 5.75 Å². The summed E-state index contributed by atoms with van der Waals surface area (Å²) >= 11 is 1.40. The van der Waals surface area contributed by atoms with Gasteiger partial charge in [0.15, 0.2) is 10.7 Å². The van der Waals surface area contributed by atoms with Gasteiger partial charge in [0, 0.05) is 10.9 Å². The fourth-order valence-electron chi connectivity index (χ4n) is 2.90. The van der Waals surface area contributed by atoms with Crippen molar-refractivity contribution in [3.63, 3.8) is 0 Å². The number of hydrazone groups is 1. The first kappa shape index (κ1) is 18.7. The van der Waals surface area contributed by atoms with E-state index < -0.39 is 0 Å². The van der Waals surface area contributed by atoms with Crippen molar-refractivity contribution < 1.29 is 4.74 Å². The minimum absolute atomic E-state index is 0.246. The smallest absolute Gasteiger partial charge is 0.196 e. The van der Waals surface area contributed by atoms with E-state index in [1.54, 1.807) is 0 Å². The summed E-state index contributed by atoms with van der Waals surface area (Å²) < 4.78 is 5.42. The fraction of sp³-hybridized carbons (Fsp3) is 0.0870. The Morgan fingerprint density at radius 3 is 2.66 bits per heavy atom. The Hall–Kier alpha value is -3.69. The third-order valence-corrected chi connectivity index (χ3v) is 5.17. The molecule has 0 unspecified atom stereocenters. The summed E-state index contributed by atoms with van der Waals surface area (Å²) in [7, 11) is 0. The molecule has 0 atom stereocenters. The average Bonchev–Trinajstić information content (AvgIpc) is 3.25. The van der Waals surface area contributed by atoms with Crippen molar-refractivity contribution in [3.05, 3.63) is 77.1 Å². The van der Waals surface area contributed by atoms with Gasteiger partial charge >= 0.3 is 0 Å². The molecule has 0 aliphatic carbocycles. The van der Waals surface area contributed by atoms with Crippen molar-refractivity contribution in [1.82, 2.24) is 4.98 Å². The van der Waals surface area contributed by atoms with E-state index in [0.29, 0.717) is 11.6 Å². The molecule has 0 radical (unpaired) electrons. The summed E-state index contributed by atoms with van der Waals surface area (Å²) in [6, 6.07) is 24.0. The zero-order chi connectivity index (χ0) is 20.1. The monoisotopic (exact) mass is 398 g/mol. The number of hydrogen-bond acceptors (Lipinski definition) is 6. The number of nitrogens with zero attached hydrogens (tertiary/aromatic N) is 3. The lowest BCUT2D eigenvalue weighted by molar-refractivity contribution is 0.340. The van der Waals surface area contributed by atoms with E-state index in [1.807, 2.05) is 54.8 Å². The molecule has 5 nitrogen and oxygen atoms in total. The van der Waals surface area contributed by atoms with E-state index in [1.165, 1.54) is 16.7 Å². The third-order valence-electron chi connectivity index (χ3n) is 4.32. The molecule has 4 rings (SSSR count). The second-order valence-electron chi connectivity index (χ2n) is 6.24. The molecule has 29 heavy (non-hydrogen) atoms. The Labute approximate surface area is 172 Å². The van der Waals surface area contributed by atoms with Crippen molar-refractivity contribution in [2.45, 2.75) is 6.92 Å². The van der Waals surface area contributed by atoms with E-state index in [9.17, 15) is 5.26 Å². The molecule has 0 fully saturated rings. The van der Waals surface area contributed by atoms with Crippen LogP contribution in [0.15, 0.2) is 77.2 Å².